The van der Waals surface area contributed by atoms with E-state index >= 15 is 4.39 Å². The van der Waals surface area contributed by atoms with Crippen LogP contribution in [0.15, 0.2) is 40.9 Å². The molecule has 5 nitrogen and oxygen atoms in total. The molecule has 38 heavy (non-hydrogen) atoms. The quantitative estimate of drug-likeness (QED) is 0.324. The molecule has 0 bridgehead atoms. The number of halogens is 5. The van der Waals surface area contributed by atoms with Gasteiger partial charge in [-0.3, -0.25) is 4.90 Å². The van der Waals surface area contributed by atoms with Crippen LogP contribution in [0.2, 0.25) is 0 Å². The van der Waals surface area contributed by atoms with Crippen LogP contribution in [-0.2, 0) is 12.7 Å². The van der Waals surface area contributed by atoms with E-state index < -0.39 is 23.5 Å². The number of benzene rings is 2. The molecule has 10 heteroatoms. The van der Waals surface area contributed by atoms with E-state index in [1.165, 1.54) is 43.5 Å². The summed E-state index contributed by atoms with van der Waals surface area (Å²) in [5.41, 5.74) is -0.763. The van der Waals surface area contributed by atoms with E-state index in [0.29, 0.717) is 11.6 Å². The third-order valence-electron chi connectivity index (χ3n) is 7.67. The fourth-order valence-corrected chi connectivity index (χ4v) is 6.06. The number of alkyl halides is 3. The van der Waals surface area contributed by atoms with Crippen molar-refractivity contribution in [2.75, 3.05) is 26.2 Å². The number of hydrogen-bond acceptors (Lipinski definition) is 4. The number of nitrogens with zero attached hydrogens (tertiary/aromatic N) is 3. The summed E-state index contributed by atoms with van der Waals surface area (Å²) in [5.74, 6) is -2.03. The van der Waals surface area contributed by atoms with E-state index in [0.717, 1.165) is 51.2 Å². The summed E-state index contributed by atoms with van der Waals surface area (Å²) in [5, 5.41) is 10.4. The summed E-state index contributed by atoms with van der Waals surface area (Å²) in [6, 6.07) is 8.00. The van der Waals surface area contributed by atoms with Gasteiger partial charge in [0.05, 0.1) is 21.3 Å². The Labute approximate surface area is 226 Å². The second-order valence-electron chi connectivity index (χ2n) is 10.1. The van der Waals surface area contributed by atoms with Gasteiger partial charge in [-0.25, -0.2) is 14.2 Å². The topological polar surface area (TPSA) is 56.7 Å². The lowest BCUT2D eigenvalue weighted by Crippen LogP contribution is -2.46. The molecule has 2 aliphatic heterocycles. The Balaban J connectivity index is 1.58. The molecule has 2 fully saturated rings. The van der Waals surface area contributed by atoms with Gasteiger partial charge in [0.2, 0.25) is 0 Å². The fraction of sp³-hybridized carbons (Fsp3) is 0.429. The number of carboxylic acid groups (broad SMARTS) is 1. The Bertz CT molecular complexity index is 1350. The maximum atomic E-state index is 15.1. The van der Waals surface area contributed by atoms with Crippen LogP contribution in [0.1, 0.15) is 53.6 Å². The number of piperidine rings is 2. The zero-order chi connectivity index (χ0) is 27.0. The molecular weight excluding hydrogens is 566 g/mol. The summed E-state index contributed by atoms with van der Waals surface area (Å²) in [6.45, 7) is 3.86. The van der Waals surface area contributed by atoms with Crippen molar-refractivity contribution in [2.45, 2.75) is 50.9 Å². The number of rotatable bonds is 5. The summed E-state index contributed by atoms with van der Waals surface area (Å²) in [6.07, 6.45) is 0.953. The highest BCUT2D eigenvalue weighted by Gasteiger charge is 2.32. The number of carboxylic acids is 1. The van der Waals surface area contributed by atoms with Crippen LogP contribution in [0.25, 0.3) is 22.2 Å². The molecule has 0 unspecified atom stereocenters. The highest BCUT2D eigenvalue weighted by molar-refractivity contribution is 9.10. The Kier molecular flexibility index (Phi) is 7.75. The third kappa shape index (κ3) is 5.44. The van der Waals surface area contributed by atoms with Gasteiger partial charge in [0.15, 0.2) is 5.82 Å². The van der Waals surface area contributed by atoms with Crippen LogP contribution < -0.4 is 0 Å². The summed E-state index contributed by atoms with van der Waals surface area (Å²) >= 11 is 3.11. The molecule has 2 aromatic carbocycles. The van der Waals surface area contributed by atoms with Gasteiger partial charge in [0.25, 0.3) is 0 Å². The molecule has 0 radical (unpaired) electrons. The van der Waals surface area contributed by atoms with Crippen molar-refractivity contribution in [3.8, 4) is 11.3 Å². The van der Waals surface area contributed by atoms with E-state index in [1.807, 2.05) is 0 Å². The van der Waals surface area contributed by atoms with E-state index in [2.05, 4.69) is 30.7 Å². The molecule has 0 saturated carbocycles. The first-order valence-electron chi connectivity index (χ1n) is 12.8. The summed E-state index contributed by atoms with van der Waals surface area (Å²) in [7, 11) is 0. The number of aromatic carboxylic acids is 1. The molecule has 5 rings (SSSR count). The SMILES string of the molecule is O=C(O)c1c(CN2CCC(N3CCCCC3)CC2)c(-c2cccc(C(F)(F)F)c2)nc2c(F)c(Br)ccc12. The molecule has 1 aromatic heterocycles. The van der Waals surface area contributed by atoms with Crippen LogP contribution in [0.5, 0.6) is 0 Å². The third-order valence-corrected chi connectivity index (χ3v) is 8.29. The van der Waals surface area contributed by atoms with Crippen LogP contribution >= 0.6 is 15.9 Å². The molecule has 0 spiro atoms. The van der Waals surface area contributed by atoms with Gasteiger partial charge >= 0.3 is 12.1 Å². The van der Waals surface area contributed by atoms with Gasteiger partial charge in [-0.15, -0.1) is 0 Å². The zero-order valence-electron chi connectivity index (χ0n) is 20.7. The minimum Gasteiger partial charge on any atom is -0.478 e. The van der Waals surface area contributed by atoms with Crippen molar-refractivity contribution < 1.29 is 27.5 Å². The fourth-order valence-electron chi connectivity index (χ4n) is 5.74. The van der Waals surface area contributed by atoms with Crippen molar-refractivity contribution >= 4 is 32.8 Å². The van der Waals surface area contributed by atoms with Crippen molar-refractivity contribution in [3.05, 3.63) is 63.4 Å². The van der Waals surface area contributed by atoms with Gasteiger partial charge < -0.3 is 10.0 Å². The second-order valence-corrected chi connectivity index (χ2v) is 10.9. The number of carbonyl (C=O) groups is 1. The molecule has 0 atom stereocenters. The lowest BCUT2D eigenvalue weighted by atomic mass is 9.94. The molecule has 0 aliphatic carbocycles. The van der Waals surface area contributed by atoms with Gasteiger partial charge in [0, 0.05) is 29.1 Å². The number of pyridine rings is 1. The lowest BCUT2D eigenvalue weighted by molar-refractivity contribution is -0.137. The molecule has 1 N–H and O–H groups in total. The Morgan fingerprint density at radius 1 is 1.05 bits per heavy atom. The minimum atomic E-state index is -4.59. The van der Waals surface area contributed by atoms with Crippen molar-refractivity contribution in [3.63, 3.8) is 0 Å². The highest BCUT2D eigenvalue weighted by Crippen LogP contribution is 2.37. The molecule has 2 saturated heterocycles. The van der Waals surface area contributed by atoms with Crippen LogP contribution in [0, 0.1) is 5.82 Å². The minimum absolute atomic E-state index is 0.0520. The lowest BCUT2D eigenvalue weighted by Gasteiger charge is -2.40. The number of aromatic nitrogens is 1. The van der Waals surface area contributed by atoms with Crippen molar-refractivity contribution in [1.29, 1.82) is 0 Å². The van der Waals surface area contributed by atoms with E-state index in [9.17, 15) is 23.1 Å². The van der Waals surface area contributed by atoms with Crippen molar-refractivity contribution in [2.24, 2.45) is 0 Å². The predicted molar refractivity (Wildman–Crippen MR) is 141 cm³/mol. The second kappa shape index (κ2) is 10.9. The monoisotopic (exact) mass is 593 g/mol. The Morgan fingerprint density at radius 2 is 1.76 bits per heavy atom. The smallest absolute Gasteiger partial charge is 0.416 e. The largest absolute Gasteiger partial charge is 0.478 e. The first-order valence-corrected chi connectivity index (χ1v) is 13.6. The van der Waals surface area contributed by atoms with E-state index in [-0.39, 0.29) is 38.7 Å². The summed E-state index contributed by atoms with van der Waals surface area (Å²) in [4.78, 5) is 21.7. The molecular formula is C28H28BrF4N3O2. The molecule has 0 amide bonds. The zero-order valence-corrected chi connectivity index (χ0v) is 22.3. The van der Waals surface area contributed by atoms with Crippen LogP contribution in [0.3, 0.4) is 0 Å². The van der Waals surface area contributed by atoms with Crippen molar-refractivity contribution in [1.82, 2.24) is 14.8 Å². The molecule has 2 aliphatic rings. The van der Waals surface area contributed by atoms with Crippen LogP contribution in [-0.4, -0.2) is 58.1 Å². The first-order chi connectivity index (χ1) is 18.1. The average Bonchev–Trinajstić information content (AvgIpc) is 2.91. The molecule has 3 heterocycles. The number of fused-ring (bicyclic) bond motifs is 1. The Morgan fingerprint density at radius 3 is 2.42 bits per heavy atom. The number of hydrogen-bond donors (Lipinski definition) is 1. The Hall–Kier alpha value is -2.56. The van der Waals surface area contributed by atoms with E-state index in [1.54, 1.807) is 0 Å². The first kappa shape index (κ1) is 27.0. The van der Waals surface area contributed by atoms with Gasteiger partial charge in [-0.05, 0) is 86.0 Å². The van der Waals surface area contributed by atoms with E-state index in [4.69, 9.17) is 0 Å². The maximum Gasteiger partial charge on any atom is 0.416 e. The predicted octanol–water partition coefficient (Wildman–Crippen LogP) is 6.97. The highest BCUT2D eigenvalue weighted by atomic mass is 79.9. The van der Waals surface area contributed by atoms with Gasteiger partial charge in [-0.2, -0.15) is 13.2 Å². The average molecular weight is 594 g/mol. The normalized spacial score (nSPS) is 18.2. The standard InChI is InChI=1S/C28H28BrF4N3O2/c29-22-8-7-20-23(27(37)38)21(16-35-13-9-19(10-14-35)36-11-2-1-3-12-36)25(34-26(20)24(22)30)17-5-4-6-18(15-17)28(31,32)33/h4-8,15,19H,1-3,9-14,16H2,(H,37,38). The van der Waals surface area contributed by atoms with Gasteiger partial charge in [0.1, 0.15) is 5.52 Å². The number of likely N-dealkylation sites (tertiary alicyclic amines) is 2. The molecule has 3 aromatic rings. The molecule has 202 valence electrons. The summed E-state index contributed by atoms with van der Waals surface area (Å²) < 4.78 is 55.8. The maximum absolute atomic E-state index is 15.1. The van der Waals surface area contributed by atoms with Gasteiger partial charge in [-0.1, -0.05) is 24.6 Å². The van der Waals surface area contributed by atoms with Crippen LogP contribution in [0.4, 0.5) is 17.6 Å².